The lowest BCUT2D eigenvalue weighted by Gasteiger charge is -2.31. The third kappa shape index (κ3) is 8.37. The van der Waals surface area contributed by atoms with E-state index in [0.717, 1.165) is 17.7 Å². The van der Waals surface area contributed by atoms with Crippen LogP contribution in [0.15, 0.2) is 54.6 Å². The first-order valence-electron chi connectivity index (χ1n) is 10.9. The van der Waals surface area contributed by atoms with E-state index in [-0.39, 0.29) is 30.2 Å². The van der Waals surface area contributed by atoms with E-state index in [1.165, 1.54) is 17.7 Å². The van der Waals surface area contributed by atoms with E-state index >= 15 is 0 Å². The van der Waals surface area contributed by atoms with Crippen molar-refractivity contribution in [3.8, 4) is 0 Å². The van der Waals surface area contributed by atoms with Gasteiger partial charge >= 0.3 is 0 Å². The van der Waals surface area contributed by atoms with Gasteiger partial charge in [-0.15, -0.1) is 0 Å². The van der Waals surface area contributed by atoms with Gasteiger partial charge < -0.3 is 10.2 Å². The van der Waals surface area contributed by atoms with Crippen LogP contribution in [0.25, 0.3) is 0 Å². The number of nitrogens with one attached hydrogen (secondary N) is 1. The van der Waals surface area contributed by atoms with Crippen molar-refractivity contribution >= 4 is 23.6 Å². The smallest absolute Gasteiger partial charge is 0.243 e. The minimum absolute atomic E-state index is 0.0470. The molecule has 0 bridgehead atoms. The van der Waals surface area contributed by atoms with E-state index < -0.39 is 6.04 Å². The van der Waals surface area contributed by atoms with Crippen molar-refractivity contribution in [3.05, 3.63) is 71.5 Å². The molecule has 168 valence electrons. The fraction of sp³-hybridized carbons (Fsp3) is 0.440. The summed E-state index contributed by atoms with van der Waals surface area (Å²) in [5, 5.41) is 3.00. The Morgan fingerprint density at radius 1 is 1.00 bits per heavy atom. The standard InChI is InChI=1S/C25H33FN2O2S/c1-4-19(3)27-25(30)23(5-2)28(17-20-11-13-22(26)14-12-20)24(29)15-16-31-18-21-9-7-6-8-10-21/h6-14,19,23H,4-5,15-18H2,1-3H3,(H,27,30)/t19-,23-/m0/s1. The molecule has 2 aromatic rings. The fourth-order valence-electron chi connectivity index (χ4n) is 3.21. The Morgan fingerprint density at radius 2 is 1.68 bits per heavy atom. The minimum atomic E-state index is -0.550. The number of thioether (sulfide) groups is 1. The number of benzene rings is 2. The van der Waals surface area contributed by atoms with Crippen LogP contribution in [0.2, 0.25) is 0 Å². The van der Waals surface area contributed by atoms with E-state index in [2.05, 4.69) is 17.4 Å². The molecule has 0 fully saturated rings. The molecule has 31 heavy (non-hydrogen) atoms. The van der Waals surface area contributed by atoms with Gasteiger partial charge in [0.25, 0.3) is 0 Å². The molecule has 0 aliphatic heterocycles. The van der Waals surface area contributed by atoms with Crippen LogP contribution < -0.4 is 5.32 Å². The number of hydrogen-bond donors (Lipinski definition) is 1. The maximum absolute atomic E-state index is 13.3. The predicted octanol–water partition coefficient (Wildman–Crippen LogP) is 5.17. The number of nitrogens with zero attached hydrogens (tertiary/aromatic N) is 1. The molecule has 0 saturated carbocycles. The maximum Gasteiger partial charge on any atom is 0.243 e. The van der Waals surface area contributed by atoms with Crippen LogP contribution >= 0.6 is 11.8 Å². The highest BCUT2D eigenvalue weighted by Gasteiger charge is 2.28. The van der Waals surface area contributed by atoms with E-state index in [4.69, 9.17) is 0 Å². The average Bonchev–Trinajstić information content (AvgIpc) is 2.78. The number of carbonyl (C=O) groups excluding carboxylic acids is 2. The molecule has 6 heteroatoms. The van der Waals surface area contributed by atoms with Crippen molar-refractivity contribution in [2.24, 2.45) is 0 Å². The van der Waals surface area contributed by atoms with Gasteiger partial charge in [-0.05, 0) is 43.0 Å². The molecule has 4 nitrogen and oxygen atoms in total. The van der Waals surface area contributed by atoms with Gasteiger partial charge in [0.05, 0.1) is 0 Å². The van der Waals surface area contributed by atoms with Crippen molar-refractivity contribution in [2.75, 3.05) is 5.75 Å². The van der Waals surface area contributed by atoms with Crippen molar-refractivity contribution in [1.29, 1.82) is 0 Å². The summed E-state index contributed by atoms with van der Waals surface area (Å²) in [6.45, 7) is 6.17. The molecule has 0 spiro atoms. The first-order valence-corrected chi connectivity index (χ1v) is 12.1. The molecule has 0 unspecified atom stereocenters. The summed E-state index contributed by atoms with van der Waals surface area (Å²) in [5.74, 6) is 1.01. The number of hydrogen-bond acceptors (Lipinski definition) is 3. The highest BCUT2D eigenvalue weighted by atomic mass is 32.2. The van der Waals surface area contributed by atoms with Crippen molar-refractivity contribution in [3.63, 3.8) is 0 Å². The van der Waals surface area contributed by atoms with Crippen molar-refractivity contribution < 1.29 is 14.0 Å². The second-order valence-corrected chi connectivity index (χ2v) is 8.78. The molecule has 0 radical (unpaired) electrons. The summed E-state index contributed by atoms with van der Waals surface area (Å²) in [6, 6.07) is 15.7. The molecule has 0 saturated heterocycles. The van der Waals surface area contributed by atoms with Gasteiger partial charge in [-0.25, -0.2) is 4.39 Å². The average molecular weight is 445 g/mol. The lowest BCUT2D eigenvalue weighted by atomic mass is 10.1. The van der Waals surface area contributed by atoms with Crippen LogP contribution in [-0.2, 0) is 21.9 Å². The SMILES string of the molecule is CC[C@H](C)NC(=O)[C@H](CC)N(Cc1ccc(F)cc1)C(=O)CCSCc1ccccc1. The van der Waals surface area contributed by atoms with Gasteiger partial charge in [-0.2, -0.15) is 11.8 Å². The van der Waals surface area contributed by atoms with E-state index in [1.54, 1.807) is 28.8 Å². The predicted molar refractivity (Wildman–Crippen MR) is 126 cm³/mol. The van der Waals surface area contributed by atoms with Crippen LogP contribution in [-0.4, -0.2) is 34.6 Å². The summed E-state index contributed by atoms with van der Waals surface area (Å²) in [5.41, 5.74) is 2.03. The summed E-state index contributed by atoms with van der Waals surface area (Å²) in [4.78, 5) is 27.7. The number of carbonyl (C=O) groups is 2. The Morgan fingerprint density at radius 3 is 2.29 bits per heavy atom. The normalized spacial score (nSPS) is 12.8. The van der Waals surface area contributed by atoms with Crippen molar-refractivity contribution in [1.82, 2.24) is 10.2 Å². The molecule has 2 amide bonds. The lowest BCUT2D eigenvalue weighted by Crippen LogP contribution is -2.50. The molecular formula is C25H33FN2O2S. The van der Waals surface area contributed by atoms with Crippen LogP contribution in [0.4, 0.5) is 4.39 Å². The minimum Gasteiger partial charge on any atom is -0.352 e. The first-order chi connectivity index (χ1) is 14.9. The summed E-state index contributed by atoms with van der Waals surface area (Å²) < 4.78 is 13.3. The van der Waals surface area contributed by atoms with Gasteiger partial charge in [0.2, 0.25) is 11.8 Å². The van der Waals surface area contributed by atoms with Gasteiger partial charge in [-0.3, -0.25) is 9.59 Å². The van der Waals surface area contributed by atoms with Crippen molar-refractivity contribution in [2.45, 2.75) is 64.4 Å². The molecule has 0 aromatic heterocycles. The van der Waals surface area contributed by atoms with Gasteiger partial charge in [0.15, 0.2) is 0 Å². The molecular weight excluding hydrogens is 411 g/mol. The van der Waals surface area contributed by atoms with Crippen LogP contribution in [0.3, 0.4) is 0 Å². The zero-order valence-electron chi connectivity index (χ0n) is 18.6. The van der Waals surface area contributed by atoms with Crippen LogP contribution in [0.1, 0.15) is 51.2 Å². The second kappa shape index (κ2) is 13.2. The highest BCUT2D eigenvalue weighted by Crippen LogP contribution is 2.17. The molecule has 1 N–H and O–H groups in total. The zero-order chi connectivity index (χ0) is 22.6. The monoisotopic (exact) mass is 444 g/mol. The molecule has 2 aromatic carbocycles. The first kappa shape index (κ1) is 24.9. The van der Waals surface area contributed by atoms with E-state index in [9.17, 15) is 14.0 Å². The Bertz CT molecular complexity index is 814. The Balaban J connectivity index is 2.06. The lowest BCUT2D eigenvalue weighted by molar-refractivity contribution is -0.141. The Labute approximate surface area is 189 Å². The van der Waals surface area contributed by atoms with Gasteiger partial charge in [0.1, 0.15) is 11.9 Å². The number of halogens is 1. The summed E-state index contributed by atoms with van der Waals surface area (Å²) in [7, 11) is 0. The Hall–Kier alpha value is -2.34. The third-order valence-electron chi connectivity index (χ3n) is 5.22. The fourth-order valence-corrected chi connectivity index (χ4v) is 4.11. The van der Waals surface area contributed by atoms with Gasteiger partial charge in [0, 0.05) is 30.5 Å². The number of amides is 2. The Kier molecular flexibility index (Phi) is 10.6. The second-order valence-electron chi connectivity index (χ2n) is 7.68. The molecule has 0 heterocycles. The third-order valence-corrected chi connectivity index (χ3v) is 6.26. The van der Waals surface area contributed by atoms with Gasteiger partial charge in [-0.1, -0.05) is 56.3 Å². The molecule has 2 atom stereocenters. The van der Waals surface area contributed by atoms with E-state index in [1.807, 2.05) is 39.0 Å². The molecule has 0 aliphatic carbocycles. The molecule has 0 aliphatic rings. The van der Waals surface area contributed by atoms with E-state index in [0.29, 0.717) is 18.6 Å². The summed E-state index contributed by atoms with van der Waals surface area (Å²) >= 11 is 1.70. The van der Waals surface area contributed by atoms with Crippen LogP contribution in [0.5, 0.6) is 0 Å². The number of rotatable bonds is 12. The maximum atomic E-state index is 13.3. The topological polar surface area (TPSA) is 49.4 Å². The zero-order valence-corrected chi connectivity index (χ0v) is 19.5. The highest BCUT2D eigenvalue weighted by molar-refractivity contribution is 7.98. The quantitative estimate of drug-likeness (QED) is 0.460. The largest absolute Gasteiger partial charge is 0.352 e. The van der Waals surface area contributed by atoms with Crippen LogP contribution in [0, 0.1) is 5.82 Å². The summed E-state index contributed by atoms with van der Waals surface area (Å²) in [6.07, 6.45) is 1.70. The molecule has 2 rings (SSSR count).